The van der Waals surface area contributed by atoms with Crippen LogP contribution in [0.5, 0.6) is 0 Å². The van der Waals surface area contributed by atoms with Gasteiger partial charge in [-0.15, -0.1) is 0 Å². The third-order valence-corrected chi connectivity index (χ3v) is 3.57. The van der Waals surface area contributed by atoms with Crippen molar-refractivity contribution in [1.29, 1.82) is 0 Å². The van der Waals surface area contributed by atoms with Crippen molar-refractivity contribution in [3.8, 4) is 0 Å². The third-order valence-electron chi connectivity index (χ3n) is 3.25. The molecular weight excluding hydrogens is 194 g/mol. The minimum Gasteiger partial charge on any atom is -0.378 e. The number of hydrogen-bond donors (Lipinski definition) is 1. The SMILES string of the molecule is CCC1(C)CCc2cccc(Cl)c2N1. The maximum absolute atomic E-state index is 6.16. The summed E-state index contributed by atoms with van der Waals surface area (Å²) in [5.74, 6) is 0. The van der Waals surface area contributed by atoms with Crippen molar-refractivity contribution in [2.24, 2.45) is 0 Å². The van der Waals surface area contributed by atoms with Crippen LogP contribution in [0.15, 0.2) is 18.2 Å². The molecule has 1 heterocycles. The summed E-state index contributed by atoms with van der Waals surface area (Å²) in [6.07, 6.45) is 3.46. The van der Waals surface area contributed by atoms with Crippen LogP contribution in [0.25, 0.3) is 0 Å². The molecule has 0 aromatic heterocycles. The van der Waals surface area contributed by atoms with E-state index in [2.05, 4.69) is 25.2 Å². The molecule has 1 aromatic rings. The third kappa shape index (κ3) is 1.61. The number of halogens is 1. The number of rotatable bonds is 1. The lowest BCUT2D eigenvalue weighted by Crippen LogP contribution is -2.37. The molecule has 1 nitrogen and oxygen atoms in total. The monoisotopic (exact) mass is 209 g/mol. The maximum atomic E-state index is 6.16. The van der Waals surface area contributed by atoms with Gasteiger partial charge in [0, 0.05) is 5.54 Å². The lowest BCUT2D eigenvalue weighted by atomic mass is 9.86. The van der Waals surface area contributed by atoms with E-state index in [0.717, 1.165) is 23.6 Å². The van der Waals surface area contributed by atoms with E-state index in [1.165, 1.54) is 12.0 Å². The number of fused-ring (bicyclic) bond motifs is 1. The van der Waals surface area contributed by atoms with Crippen LogP contribution < -0.4 is 5.32 Å². The van der Waals surface area contributed by atoms with E-state index in [4.69, 9.17) is 11.6 Å². The van der Waals surface area contributed by atoms with Crippen molar-refractivity contribution in [3.05, 3.63) is 28.8 Å². The fourth-order valence-electron chi connectivity index (χ4n) is 1.96. The Morgan fingerprint density at radius 2 is 2.29 bits per heavy atom. The minimum absolute atomic E-state index is 0.220. The highest BCUT2D eigenvalue weighted by molar-refractivity contribution is 6.33. The van der Waals surface area contributed by atoms with Crippen LogP contribution in [0.4, 0.5) is 5.69 Å². The minimum atomic E-state index is 0.220. The van der Waals surface area contributed by atoms with Crippen molar-refractivity contribution in [2.75, 3.05) is 5.32 Å². The lowest BCUT2D eigenvalue weighted by molar-refractivity contribution is 0.444. The Morgan fingerprint density at radius 3 is 3.00 bits per heavy atom. The molecular formula is C12H16ClN. The Labute approximate surface area is 90.5 Å². The molecule has 1 aliphatic rings. The van der Waals surface area contributed by atoms with Gasteiger partial charge in [-0.05, 0) is 37.8 Å². The van der Waals surface area contributed by atoms with Gasteiger partial charge in [0.05, 0.1) is 10.7 Å². The van der Waals surface area contributed by atoms with Gasteiger partial charge in [0.1, 0.15) is 0 Å². The van der Waals surface area contributed by atoms with Crippen molar-refractivity contribution < 1.29 is 0 Å². The Morgan fingerprint density at radius 1 is 1.50 bits per heavy atom. The second kappa shape index (κ2) is 3.47. The molecule has 2 heteroatoms. The summed E-state index contributed by atoms with van der Waals surface area (Å²) < 4.78 is 0. The molecule has 1 aliphatic heterocycles. The summed E-state index contributed by atoms with van der Waals surface area (Å²) in [7, 11) is 0. The average Bonchev–Trinajstić information content (AvgIpc) is 2.20. The first-order chi connectivity index (χ1) is 6.64. The summed E-state index contributed by atoms with van der Waals surface area (Å²) in [5.41, 5.74) is 2.71. The molecule has 0 bridgehead atoms. The highest BCUT2D eigenvalue weighted by Gasteiger charge is 2.27. The quantitative estimate of drug-likeness (QED) is 0.741. The molecule has 0 saturated heterocycles. The number of nitrogens with one attached hydrogen (secondary N) is 1. The van der Waals surface area contributed by atoms with Crippen molar-refractivity contribution >= 4 is 17.3 Å². The molecule has 0 fully saturated rings. The van der Waals surface area contributed by atoms with Crippen LogP contribution in [0.3, 0.4) is 0 Å². The van der Waals surface area contributed by atoms with Gasteiger partial charge in [-0.2, -0.15) is 0 Å². The normalized spacial score (nSPS) is 25.4. The highest BCUT2D eigenvalue weighted by Crippen LogP contribution is 2.36. The van der Waals surface area contributed by atoms with Crippen LogP contribution in [-0.4, -0.2) is 5.54 Å². The zero-order valence-electron chi connectivity index (χ0n) is 8.73. The molecule has 0 spiro atoms. The molecule has 14 heavy (non-hydrogen) atoms. The molecule has 0 amide bonds. The summed E-state index contributed by atoms with van der Waals surface area (Å²) in [6.45, 7) is 4.48. The maximum Gasteiger partial charge on any atom is 0.0640 e. The lowest BCUT2D eigenvalue weighted by Gasteiger charge is -2.36. The van der Waals surface area contributed by atoms with Gasteiger partial charge in [-0.1, -0.05) is 30.7 Å². The molecule has 1 unspecified atom stereocenters. The molecule has 0 aliphatic carbocycles. The van der Waals surface area contributed by atoms with Gasteiger partial charge in [-0.25, -0.2) is 0 Å². The smallest absolute Gasteiger partial charge is 0.0640 e. The Balaban J connectivity index is 2.38. The Hall–Kier alpha value is -0.690. The Bertz CT molecular complexity index is 348. The van der Waals surface area contributed by atoms with E-state index >= 15 is 0 Å². The molecule has 0 saturated carbocycles. The van der Waals surface area contributed by atoms with Crippen LogP contribution >= 0.6 is 11.6 Å². The van der Waals surface area contributed by atoms with Gasteiger partial charge in [0.15, 0.2) is 0 Å². The fraction of sp³-hybridized carbons (Fsp3) is 0.500. The van der Waals surface area contributed by atoms with Gasteiger partial charge in [0.2, 0.25) is 0 Å². The number of para-hydroxylation sites is 1. The first kappa shape index (κ1) is 9.85. The van der Waals surface area contributed by atoms with E-state index in [1.54, 1.807) is 0 Å². The molecule has 1 aromatic carbocycles. The molecule has 2 rings (SSSR count). The van der Waals surface area contributed by atoms with E-state index in [-0.39, 0.29) is 5.54 Å². The summed E-state index contributed by atoms with van der Waals surface area (Å²) >= 11 is 6.16. The van der Waals surface area contributed by atoms with E-state index in [0.29, 0.717) is 0 Å². The summed E-state index contributed by atoms with van der Waals surface area (Å²) in [4.78, 5) is 0. The highest BCUT2D eigenvalue weighted by atomic mass is 35.5. The molecule has 1 N–H and O–H groups in total. The van der Waals surface area contributed by atoms with Gasteiger partial charge < -0.3 is 5.32 Å². The van der Waals surface area contributed by atoms with Gasteiger partial charge in [0.25, 0.3) is 0 Å². The first-order valence-corrected chi connectivity index (χ1v) is 5.58. The predicted octanol–water partition coefficient (Wildman–Crippen LogP) is 3.87. The average molecular weight is 210 g/mol. The van der Waals surface area contributed by atoms with Crippen LogP contribution in [0.2, 0.25) is 5.02 Å². The number of aryl methyl sites for hydroxylation is 1. The number of hydrogen-bond acceptors (Lipinski definition) is 1. The van der Waals surface area contributed by atoms with Crippen LogP contribution in [0, 0.1) is 0 Å². The second-order valence-electron chi connectivity index (χ2n) is 4.31. The molecule has 76 valence electrons. The first-order valence-electron chi connectivity index (χ1n) is 5.20. The van der Waals surface area contributed by atoms with Crippen LogP contribution in [-0.2, 0) is 6.42 Å². The number of anilines is 1. The largest absolute Gasteiger partial charge is 0.378 e. The van der Waals surface area contributed by atoms with E-state index < -0.39 is 0 Å². The zero-order chi connectivity index (χ0) is 10.2. The molecule has 1 atom stereocenters. The standard InChI is InChI=1S/C12H16ClN/c1-3-12(2)8-7-9-5-4-6-10(13)11(9)14-12/h4-6,14H,3,7-8H2,1-2H3. The van der Waals surface area contributed by atoms with Crippen LogP contribution in [0.1, 0.15) is 32.3 Å². The fourth-order valence-corrected chi connectivity index (χ4v) is 2.20. The summed E-state index contributed by atoms with van der Waals surface area (Å²) in [6, 6.07) is 6.13. The van der Waals surface area contributed by atoms with Crippen molar-refractivity contribution in [3.63, 3.8) is 0 Å². The zero-order valence-corrected chi connectivity index (χ0v) is 9.49. The van der Waals surface area contributed by atoms with E-state index in [1.807, 2.05) is 12.1 Å². The molecule has 0 radical (unpaired) electrons. The van der Waals surface area contributed by atoms with E-state index in [9.17, 15) is 0 Å². The van der Waals surface area contributed by atoms with Crippen molar-refractivity contribution in [2.45, 2.75) is 38.6 Å². The van der Waals surface area contributed by atoms with Gasteiger partial charge >= 0.3 is 0 Å². The summed E-state index contributed by atoms with van der Waals surface area (Å²) in [5, 5.41) is 4.41. The second-order valence-corrected chi connectivity index (χ2v) is 4.72. The topological polar surface area (TPSA) is 12.0 Å². The Kier molecular flexibility index (Phi) is 2.44. The predicted molar refractivity (Wildman–Crippen MR) is 62.1 cm³/mol. The number of benzene rings is 1. The van der Waals surface area contributed by atoms with Gasteiger partial charge in [-0.3, -0.25) is 0 Å². The van der Waals surface area contributed by atoms with Crippen molar-refractivity contribution in [1.82, 2.24) is 0 Å².